The molecule has 4 rings (SSSR count). The van der Waals surface area contributed by atoms with E-state index in [0.29, 0.717) is 36.3 Å². The van der Waals surface area contributed by atoms with Crippen LogP contribution in [0.2, 0.25) is 0 Å². The minimum Gasteiger partial charge on any atom is -0.454 e. The molecule has 9 nitrogen and oxygen atoms in total. The van der Waals surface area contributed by atoms with Crippen molar-refractivity contribution in [2.24, 2.45) is 0 Å². The van der Waals surface area contributed by atoms with Gasteiger partial charge in [0.1, 0.15) is 17.7 Å². The van der Waals surface area contributed by atoms with Crippen molar-refractivity contribution in [2.45, 2.75) is 37.5 Å². The molecule has 2 aliphatic heterocycles. The van der Waals surface area contributed by atoms with Gasteiger partial charge in [0.25, 0.3) is 5.91 Å². The van der Waals surface area contributed by atoms with Gasteiger partial charge in [0, 0.05) is 18.2 Å². The zero-order chi connectivity index (χ0) is 24.1. The first kappa shape index (κ1) is 23.7. The maximum atomic E-state index is 13.6. The highest BCUT2D eigenvalue weighted by molar-refractivity contribution is 5.95. The van der Waals surface area contributed by atoms with Crippen molar-refractivity contribution in [3.05, 3.63) is 53.6 Å². The van der Waals surface area contributed by atoms with Crippen LogP contribution in [-0.2, 0) is 4.74 Å². The number of fused-ring (bicyclic) bond motifs is 1. The van der Waals surface area contributed by atoms with Crippen LogP contribution in [0.25, 0.3) is 0 Å². The van der Waals surface area contributed by atoms with Crippen LogP contribution in [0.1, 0.15) is 29.6 Å². The van der Waals surface area contributed by atoms with Gasteiger partial charge in [-0.3, -0.25) is 4.79 Å². The Balaban J connectivity index is 1.23. The number of ether oxygens (including phenoxy) is 3. The van der Waals surface area contributed by atoms with Gasteiger partial charge in [-0.05, 0) is 49.6 Å². The van der Waals surface area contributed by atoms with Crippen molar-refractivity contribution < 1.29 is 37.7 Å². The molecule has 34 heavy (non-hydrogen) atoms. The molecule has 0 radical (unpaired) electrons. The third-order valence-electron chi connectivity index (χ3n) is 5.68. The topological polar surface area (TPSA) is 118 Å². The Morgan fingerprint density at radius 2 is 1.88 bits per heavy atom. The molecule has 0 bridgehead atoms. The molecule has 3 atom stereocenters. The summed E-state index contributed by atoms with van der Waals surface area (Å²) in [6.07, 6.45) is 0.768. The standard InChI is InChI=1S/C23H25F2N3O6/c24-14-2-4-16(25)18(10-14)28-23(31)26-8-7-15-3-5-17(21(11-29)34-15)27-22(30)13-1-6-19-20(9-13)33-12-32-19/h1-2,4,6,9-10,15,17,21,29H,3,5,7-8,11-12H2,(H,27,30)(H2,26,28,31)/t15-,17+,21-/m1/s1. The quantitative estimate of drug-likeness (QED) is 0.487. The summed E-state index contributed by atoms with van der Waals surface area (Å²) >= 11 is 0. The van der Waals surface area contributed by atoms with Gasteiger partial charge < -0.3 is 35.3 Å². The van der Waals surface area contributed by atoms with E-state index in [0.717, 1.165) is 18.2 Å². The largest absolute Gasteiger partial charge is 0.454 e. The van der Waals surface area contributed by atoms with Gasteiger partial charge in [-0.25, -0.2) is 13.6 Å². The number of amides is 3. The van der Waals surface area contributed by atoms with E-state index in [4.69, 9.17) is 14.2 Å². The number of carbonyl (C=O) groups is 2. The van der Waals surface area contributed by atoms with E-state index < -0.39 is 23.8 Å². The lowest BCUT2D eigenvalue weighted by Gasteiger charge is -2.36. The summed E-state index contributed by atoms with van der Waals surface area (Å²) in [6.45, 7) is 0.0538. The number of anilines is 1. The second-order valence-corrected chi connectivity index (χ2v) is 8.00. The van der Waals surface area contributed by atoms with Crippen LogP contribution in [0.3, 0.4) is 0 Å². The number of benzene rings is 2. The first-order chi connectivity index (χ1) is 16.4. The Bertz CT molecular complexity index is 1050. The van der Waals surface area contributed by atoms with Gasteiger partial charge in [-0.2, -0.15) is 0 Å². The molecule has 4 N–H and O–H groups in total. The molecule has 0 unspecified atom stereocenters. The van der Waals surface area contributed by atoms with Crippen molar-refractivity contribution in [3.63, 3.8) is 0 Å². The molecule has 1 fully saturated rings. The second-order valence-electron chi connectivity index (χ2n) is 8.00. The molecule has 0 saturated carbocycles. The van der Waals surface area contributed by atoms with Crippen molar-refractivity contribution >= 4 is 17.6 Å². The fourth-order valence-corrected chi connectivity index (χ4v) is 3.91. The molecule has 0 aliphatic carbocycles. The van der Waals surface area contributed by atoms with E-state index in [1.54, 1.807) is 18.2 Å². The normalized spacial score (nSPS) is 21.1. The smallest absolute Gasteiger partial charge is 0.319 e. The third kappa shape index (κ3) is 5.72. The van der Waals surface area contributed by atoms with Crippen LogP contribution in [-0.4, -0.2) is 55.2 Å². The van der Waals surface area contributed by atoms with Crippen molar-refractivity contribution in [3.8, 4) is 11.5 Å². The summed E-state index contributed by atoms with van der Waals surface area (Å²) in [5, 5.41) is 17.5. The minimum absolute atomic E-state index is 0.114. The van der Waals surface area contributed by atoms with E-state index in [1.165, 1.54) is 0 Å². The zero-order valence-corrected chi connectivity index (χ0v) is 18.2. The Hall–Kier alpha value is -3.44. The lowest BCUT2D eigenvalue weighted by molar-refractivity contribution is -0.0892. The molecule has 3 amide bonds. The van der Waals surface area contributed by atoms with Crippen molar-refractivity contribution in [1.29, 1.82) is 0 Å². The Morgan fingerprint density at radius 1 is 1.06 bits per heavy atom. The molecule has 182 valence electrons. The SMILES string of the molecule is O=C(NCC[C@H]1CC[C@H](NC(=O)c2ccc3c(c2)OCO3)[C@@H](CO)O1)Nc1cc(F)ccc1F. The van der Waals surface area contributed by atoms with Gasteiger partial charge in [0.2, 0.25) is 6.79 Å². The molecule has 2 aliphatic rings. The second kappa shape index (κ2) is 10.7. The fourth-order valence-electron chi connectivity index (χ4n) is 3.91. The average Bonchev–Trinajstić information content (AvgIpc) is 3.30. The fraction of sp³-hybridized carbons (Fsp3) is 0.391. The Kier molecular flexibility index (Phi) is 7.43. The lowest BCUT2D eigenvalue weighted by Crippen LogP contribution is -2.51. The number of rotatable bonds is 7. The van der Waals surface area contributed by atoms with Crippen molar-refractivity contribution in [1.82, 2.24) is 10.6 Å². The third-order valence-corrected chi connectivity index (χ3v) is 5.68. The number of nitrogens with one attached hydrogen (secondary N) is 3. The first-order valence-electron chi connectivity index (χ1n) is 10.9. The first-order valence-corrected chi connectivity index (χ1v) is 10.9. The van der Waals surface area contributed by atoms with Gasteiger partial charge in [0.05, 0.1) is 24.4 Å². The number of hydrogen-bond acceptors (Lipinski definition) is 6. The summed E-state index contributed by atoms with van der Waals surface area (Å²) in [4.78, 5) is 24.6. The molecule has 0 spiro atoms. The maximum absolute atomic E-state index is 13.6. The molecule has 1 saturated heterocycles. The summed E-state index contributed by atoms with van der Waals surface area (Å²) in [5.41, 5.74) is 0.154. The van der Waals surface area contributed by atoms with Crippen LogP contribution >= 0.6 is 0 Å². The molecule has 2 aromatic rings. The Labute approximate surface area is 194 Å². The number of aliphatic hydroxyl groups excluding tert-OH is 1. The average molecular weight is 477 g/mol. The predicted octanol–water partition coefficient (Wildman–Crippen LogP) is 2.54. The van der Waals surface area contributed by atoms with Crippen LogP contribution in [0, 0.1) is 11.6 Å². The lowest BCUT2D eigenvalue weighted by atomic mass is 9.96. The van der Waals surface area contributed by atoms with Crippen LogP contribution < -0.4 is 25.4 Å². The predicted molar refractivity (Wildman–Crippen MR) is 117 cm³/mol. The van der Waals surface area contributed by atoms with Crippen LogP contribution in [0.15, 0.2) is 36.4 Å². The van der Waals surface area contributed by atoms with E-state index in [9.17, 15) is 23.5 Å². The molecular formula is C23H25F2N3O6. The summed E-state index contributed by atoms with van der Waals surface area (Å²) in [7, 11) is 0. The summed E-state index contributed by atoms with van der Waals surface area (Å²) in [6, 6.07) is 6.63. The zero-order valence-electron chi connectivity index (χ0n) is 18.2. The Morgan fingerprint density at radius 3 is 2.71 bits per heavy atom. The highest BCUT2D eigenvalue weighted by atomic mass is 19.1. The minimum atomic E-state index is -0.744. The number of urea groups is 1. The van der Waals surface area contributed by atoms with Gasteiger partial charge in [0.15, 0.2) is 11.5 Å². The molecule has 11 heteroatoms. The molecule has 2 aromatic carbocycles. The van der Waals surface area contributed by atoms with E-state index >= 15 is 0 Å². The summed E-state index contributed by atoms with van der Waals surface area (Å²) in [5.74, 6) is -0.638. The molecular weight excluding hydrogens is 452 g/mol. The molecule has 2 heterocycles. The van der Waals surface area contributed by atoms with E-state index in [-0.39, 0.29) is 43.7 Å². The van der Waals surface area contributed by atoms with E-state index in [1.807, 2.05) is 0 Å². The highest BCUT2D eigenvalue weighted by Gasteiger charge is 2.32. The molecule has 0 aromatic heterocycles. The van der Waals surface area contributed by atoms with Crippen molar-refractivity contribution in [2.75, 3.05) is 25.3 Å². The van der Waals surface area contributed by atoms with Gasteiger partial charge in [-0.15, -0.1) is 0 Å². The number of aliphatic hydroxyl groups is 1. The van der Waals surface area contributed by atoms with Crippen LogP contribution in [0.5, 0.6) is 11.5 Å². The maximum Gasteiger partial charge on any atom is 0.319 e. The van der Waals surface area contributed by atoms with Gasteiger partial charge in [-0.1, -0.05) is 0 Å². The number of hydrogen-bond donors (Lipinski definition) is 4. The van der Waals surface area contributed by atoms with Crippen LogP contribution in [0.4, 0.5) is 19.3 Å². The van der Waals surface area contributed by atoms with Gasteiger partial charge >= 0.3 is 6.03 Å². The number of halogens is 2. The van der Waals surface area contributed by atoms with E-state index in [2.05, 4.69) is 16.0 Å². The monoisotopic (exact) mass is 477 g/mol. The number of carbonyl (C=O) groups excluding carboxylic acids is 2. The highest BCUT2D eigenvalue weighted by Crippen LogP contribution is 2.32. The summed E-state index contributed by atoms with van der Waals surface area (Å²) < 4.78 is 43.3.